The average Bonchev–Trinajstić information content (AvgIpc) is 3.36. The van der Waals surface area contributed by atoms with Gasteiger partial charge in [-0.05, 0) is 31.2 Å². The van der Waals surface area contributed by atoms with Crippen LogP contribution in [0.5, 0.6) is 5.75 Å². The predicted octanol–water partition coefficient (Wildman–Crippen LogP) is 4.47. The van der Waals surface area contributed by atoms with E-state index in [1.54, 1.807) is 28.4 Å². The van der Waals surface area contributed by atoms with Crippen molar-refractivity contribution < 1.29 is 9.15 Å². The van der Waals surface area contributed by atoms with Crippen LogP contribution in [-0.4, -0.2) is 39.2 Å². The number of ether oxygens (including phenoxy) is 1. The second-order valence-corrected chi connectivity index (χ2v) is 7.40. The van der Waals surface area contributed by atoms with E-state index in [1.807, 2.05) is 30.7 Å². The number of nitrogens with zero attached hydrogens (tertiary/aromatic N) is 5. The Bertz CT molecular complexity index is 1140. The summed E-state index contributed by atoms with van der Waals surface area (Å²) >= 11 is 3.11. The van der Waals surface area contributed by atoms with Crippen molar-refractivity contribution in [2.45, 2.75) is 4.34 Å². The highest BCUT2D eigenvalue weighted by Gasteiger charge is 2.17. The van der Waals surface area contributed by atoms with Crippen molar-refractivity contribution >= 4 is 45.9 Å². The summed E-state index contributed by atoms with van der Waals surface area (Å²) in [6, 6.07) is 5.53. The number of rotatable bonds is 7. The number of allylic oxidation sites excluding steroid dienone is 2. The summed E-state index contributed by atoms with van der Waals surface area (Å²) in [7, 11) is 0. The molecule has 0 unspecified atom stereocenters. The van der Waals surface area contributed by atoms with E-state index in [0.717, 1.165) is 9.30 Å². The molecule has 0 aliphatic heterocycles. The molecule has 0 aliphatic rings. The summed E-state index contributed by atoms with van der Waals surface area (Å²) in [6.07, 6.45) is 7.18. The number of para-hydroxylation sites is 1. The van der Waals surface area contributed by atoms with Gasteiger partial charge in [0.25, 0.3) is 0 Å². The third kappa shape index (κ3) is 3.38. The van der Waals surface area contributed by atoms with Gasteiger partial charge in [-0.15, -0.1) is 5.10 Å². The lowest BCUT2D eigenvalue weighted by Gasteiger charge is -2.05. The maximum absolute atomic E-state index is 5.87. The molecule has 3 aromatic heterocycles. The predicted molar refractivity (Wildman–Crippen MR) is 109 cm³/mol. The molecule has 136 valence electrons. The van der Waals surface area contributed by atoms with Crippen LogP contribution in [0, 0.1) is 0 Å². The number of oxazole rings is 1. The van der Waals surface area contributed by atoms with E-state index < -0.39 is 0 Å². The third-order valence-electron chi connectivity index (χ3n) is 3.69. The fourth-order valence-electron chi connectivity index (χ4n) is 2.45. The SMILES string of the molecule is C=C/C=C(/COc1cccc2oc(-c3cn4nc(SC)sc4n3)nc12)N=C. The second kappa shape index (κ2) is 7.37. The van der Waals surface area contributed by atoms with Crippen LogP contribution in [-0.2, 0) is 0 Å². The molecular formula is C18H15N5O2S2. The van der Waals surface area contributed by atoms with E-state index in [2.05, 4.69) is 33.4 Å². The second-order valence-electron chi connectivity index (χ2n) is 5.39. The molecule has 0 radical (unpaired) electrons. The molecule has 1 aromatic carbocycles. The van der Waals surface area contributed by atoms with Crippen molar-refractivity contribution in [1.29, 1.82) is 0 Å². The van der Waals surface area contributed by atoms with Gasteiger partial charge in [-0.25, -0.2) is 14.5 Å². The first-order valence-electron chi connectivity index (χ1n) is 7.93. The number of aromatic nitrogens is 4. The van der Waals surface area contributed by atoms with Crippen LogP contribution in [0.15, 0.2) is 62.6 Å². The Labute approximate surface area is 163 Å². The van der Waals surface area contributed by atoms with Gasteiger partial charge in [-0.2, -0.15) is 0 Å². The first kappa shape index (κ1) is 17.5. The fraction of sp³-hybridized carbons (Fsp3) is 0.111. The topological polar surface area (TPSA) is 77.8 Å². The van der Waals surface area contributed by atoms with Crippen LogP contribution in [0.4, 0.5) is 0 Å². The fourth-order valence-corrected chi connectivity index (χ4v) is 3.79. The molecule has 0 saturated carbocycles. The van der Waals surface area contributed by atoms with Crippen molar-refractivity contribution in [2.24, 2.45) is 4.99 Å². The van der Waals surface area contributed by atoms with Gasteiger partial charge in [0.1, 0.15) is 18.1 Å². The van der Waals surface area contributed by atoms with Crippen LogP contribution < -0.4 is 4.74 Å². The molecule has 0 amide bonds. The van der Waals surface area contributed by atoms with Crippen LogP contribution >= 0.6 is 23.1 Å². The van der Waals surface area contributed by atoms with Crippen LogP contribution in [0.1, 0.15) is 0 Å². The van der Waals surface area contributed by atoms with Gasteiger partial charge in [-0.1, -0.05) is 41.8 Å². The van der Waals surface area contributed by atoms with Crippen molar-refractivity contribution in [2.75, 3.05) is 12.9 Å². The van der Waals surface area contributed by atoms with Crippen molar-refractivity contribution in [3.05, 3.63) is 48.8 Å². The quantitative estimate of drug-likeness (QED) is 0.260. The summed E-state index contributed by atoms with van der Waals surface area (Å²) in [6.45, 7) is 7.44. The highest BCUT2D eigenvalue weighted by Crippen LogP contribution is 2.31. The van der Waals surface area contributed by atoms with Crippen LogP contribution in [0.25, 0.3) is 27.6 Å². The van der Waals surface area contributed by atoms with Gasteiger partial charge >= 0.3 is 0 Å². The maximum atomic E-state index is 5.87. The van der Waals surface area contributed by atoms with E-state index in [-0.39, 0.29) is 6.61 Å². The Kier molecular flexibility index (Phi) is 4.78. The summed E-state index contributed by atoms with van der Waals surface area (Å²) in [5.74, 6) is 1.03. The standard InChI is InChI=1S/C18H15N5O2S2/c1-4-6-11(19-2)10-24-13-7-5-8-14-15(13)21-16(25-14)12-9-23-17(20-12)27-18(22-23)26-3/h4-9H,1-2,10H2,3H3/b11-6-. The molecule has 4 rings (SSSR count). The van der Waals surface area contributed by atoms with E-state index >= 15 is 0 Å². The Morgan fingerprint density at radius 1 is 1.44 bits per heavy atom. The van der Waals surface area contributed by atoms with E-state index in [9.17, 15) is 0 Å². The highest BCUT2D eigenvalue weighted by atomic mass is 32.2. The molecule has 4 aromatic rings. The number of aliphatic imine (C=N–C) groups is 1. The summed E-state index contributed by atoms with van der Waals surface area (Å²) in [5.41, 5.74) is 2.56. The largest absolute Gasteiger partial charge is 0.485 e. The monoisotopic (exact) mass is 397 g/mol. The zero-order valence-electron chi connectivity index (χ0n) is 14.5. The molecule has 0 N–H and O–H groups in total. The molecule has 3 heterocycles. The van der Waals surface area contributed by atoms with Gasteiger partial charge in [-0.3, -0.25) is 4.99 Å². The minimum absolute atomic E-state index is 0.262. The van der Waals surface area contributed by atoms with Gasteiger partial charge in [0.15, 0.2) is 15.4 Å². The van der Waals surface area contributed by atoms with Crippen molar-refractivity contribution in [3.8, 4) is 17.3 Å². The molecule has 7 nitrogen and oxygen atoms in total. The highest BCUT2D eigenvalue weighted by molar-refractivity contribution is 8.00. The van der Waals surface area contributed by atoms with Gasteiger partial charge < -0.3 is 9.15 Å². The minimum Gasteiger partial charge on any atom is -0.485 e. The Balaban J connectivity index is 1.66. The first-order valence-corrected chi connectivity index (χ1v) is 9.97. The van der Waals surface area contributed by atoms with Gasteiger partial charge in [0, 0.05) is 0 Å². The van der Waals surface area contributed by atoms with Gasteiger partial charge in [0.05, 0.1) is 11.9 Å². The number of hydrogen-bond acceptors (Lipinski definition) is 8. The molecule has 9 heteroatoms. The molecular weight excluding hydrogens is 382 g/mol. The molecule has 0 atom stereocenters. The van der Waals surface area contributed by atoms with E-state index in [0.29, 0.717) is 34.1 Å². The molecule has 0 fully saturated rings. The first-order chi connectivity index (χ1) is 13.2. The zero-order chi connectivity index (χ0) is 18.8. The molecule has 0 bridgehead atoms. The number of benzene rings is 1. The van der Waals surface area contributed by atoms with Gasteiger partial charge in [0.2, 0.25) is 10.9 Å². The maximum Gasteiger partial charge on any atom is 0.248 e. The Hall–Kier alpha value is -2.91. The number of hydrogen-bond donors (Lipinski definition) is 0. The molecule has 0 aliphatic carbocycles. The molecule has 27 heavy (non-hydrogen) atoms. The average molecular weight is 397 g/mol. The smallest absolute Gasteiger partial charge is 0.248 e. The lowest BCUT2D eigenvalue weighted by Crippen LogP contribution is -1.99. The van der Waals surface area contributed by atoms with Crippen LogP contribution in [0.2, 0.25) is 0 Å². The summed E-state index contributed by atoms with van der Waals surface area (Å²) < 4.78 is 14.4. The Morgan fingerprint density at radius 2 is 2.33 bits per heavy atom. The van der Waals surface area contributed by atoms with E-state index in [1.165, 1.54) is 11.3 Å². The lowest BCUT2D eigenvalue weighted by molar-refractivity contribution is 0.354. The number of fused-ring (bicyclic) bond motifs is 2. The van der Waals surface area contributed by atoms with Crippen molar-refractivity contribution in [3.63, 3.8) is 0 Å². The normalized spacial score (nSPS) is 12.0. The van der Waals surface area contributed by atoms with Crippen LogP contribution in [0.3, 0.4) is 0 Å². The minimum atomic E-state index is 0.262. The molecule has 0 saturated heterocycles. The zero-order valence-corrected chi connectivity index (χ0v) is 16.1. The van der Waals surface area contributed by atoms with Crippen molar-refractivity contribution in [1.82, 2.24) is 19.6 Å². The summed E-state index contributed by atoms with van der Waals surface area (Å²) in [5, 5.41) is 4.44. The number of thioether (sulfide) groups is 1. The van der Waals surface area contributed by atoms with E-state index in [4.69, 9.17) is 9.15 Å². The third-order valence-corrected chi connectivity index (χ3v) is 5.59. The number of imidazole rings is 1. The molecule has 0 spiro atoms. The Morgan fingerprint density at radius 3 is 3.07 bits per heavy atom. The lowest BCUT2D eigenvalue weighted by atomic mass is 10.3. The summed E-state index contributed by atoms with van der Waals surface area (Å²) in [4.78, 5) is 13.8.